The molecule has 0 aliphatic carbocycles. The molecule has 0 heterocycles. The van der Waals surface area contributed by atoms with Crippen LogP contribution < -0.4 is 10.5 Å². The van der Waals surface area contributed by atoms with E-state index in [-0.39, 0.29) is 9.88 Å². The SMILES string of the molecule is CCC(CC)(NS(=O)(=O)c1ccc(Cl)cc1)C(N)=S. The van der Waals surface area contributed by atoms with Gasteiger partial charge in [0.05, 0.1) is 15.4 Å². The number of thiocarbonyl (C=S) groups is 1. The maximum absolute atomic E-state index is 12.3. The van der Waals surface area contributed by atoms with Crippen LogP contribution in [0.3, 0.4) is 0 Å². The van der Waals surface area contributed by atoms with Gasteiger partial charge in [-0.05, 0) is 37.1 Å². The molecule has 0 atom stereocenters. The van der Waals surface area contributed by atoms with Gasteiger partial charge >= 0.3 is 0 Å². The Morgan fingerprint density at radius 2 is 1.79 bits per heavy atom. The van der Waals surface area contributed by atoms with Crippen molar-refractivity contribution < 1.29 is 8.42 Å². The largest absolute Gasteiger partial charge is 0.392 e. The predicted octanol–water partition coefficient (Wildman–Crippen LogP) is 2.46. The van der Waals surface area contributed by atoms with Crippen molar-refractivity contribution >= 4 is 38.8 Å². The quantitative estimate of drug-likeness (QED) is 0.790. The number of benzene rings is 1. The molecule has 0 saturated carbocycles. The summed E-state index contributed by atoms with van der Waals surface area (Å²) < 4.78 is 27.2. The summed E-state index contributed by atoms with van der Waals surface area (Å²) in [5, 5.41) is 0.477. The second-order valence-electron chi connectivity index (χ2n) is 4.21. The highest BCUT2D eigenvalue weighted by atomic mass is 35.5. The van der Waals surface area contributed by atoms with E-state index < -0.39 is 15.6 Å². The Balaban J connectivity index is 3.14. The summed E-state index contributed by atoms with van der Waals surface area (Å²) >= 11 is 10.7. The predicted molar refractivity (Wildman–Crippen MR) is 81.9 cm³/mol. The summed E-state index contributed by atoms with van der Waals surface area (Å²) in [6.45, 7) is 3.68. The van der Waals surface area contributed by atoms with Crippen LogP contribution in [-0.4, -0.2) is 18.9 Å². The fourth-order valence-electron chi connectivity index (χ4n) is 1.72. The minimum atomic E-state index is -3.68. The lowest BCUT2D eigenvalue weighted by Crippen LogP contribution is -2.55. The number of sulfonamides is 1. The van der Waals surface area contributed by atoms with Crippen molar-refractivity contribution in [1.29, 1.82) is 0 Å². The summed E-state index contributed by atoms with van der Waals surface area (Å²) in [6.07, 6.45) is 0.983. The molecular weight excluding hydrogens is 304 g/mol. The first-order valence-electron chi connectivity index (χ1n) is 5.87. The van der Waals surface area contributed by atoms with Gasteiger partial charge < -0.3 is 5.73 Å². The third kappa shape index (κ3) is 3.66. The number of halogens is 1. The molecule has 0 aliphatic heterocycles. The monoisotopic (exact) mass is 320 g/mol. The van der Waals surface area contributed by atoms with E-state index in [2.05, 4.69) is 4.72 Å². The molecule has 4 nitrogen and oxygen atoms in total. The minimum Gasteiger partial charge on any atom is -0.392 e. The van der Waals surface area contributed by atoms with E-state index in [1.165, 1.54) is 24.3 Å². The van der Waals surface area contributed by atoms with Gasteiger partial charge in [-0.3, -0.25) is 0 Å². The molecule has 19 heavy (non-hydrogen) atoms. The van der Waals surface area contributed by atoms with Crippen molar-refractivity contribution in [2.75, 3.05) is 0 Å². The summed E-state index contributed by atoms with van der Waals surface area (Å²) in [4.78, 5) is 0.287. The average Bonchev–Trinajstić information content (AvgIpc) is 2.36. The van der Waals surface area contributed by atoms with Crippen LogP contribution in [0.2, 0.25) is 5.02 Å². The van der Waals surface area contributed by atoms with Gasteiger partial charge in [0.1, 0.15) is 0 Å². The molecular formula is C12H17ClN2O2S2. The molecule has 1 rings (SSSR count). The Bertz CT molecular complexity index is 552. The van der Waals surface area contributed by atoms with Crippen LogP contribution in [0, 0.1) is 0 Å². The Labute approximate surface area is 124 Å². The van der Waals surface area contributed by atoms with Crippen LogP contribution in [0.4, 0.5) is 0 Å². The van der Waals surface area contributed by atoms with Crippen molar-refractivity contribution in [3.8, 4) is 0 Å². The highest BCUT2D eigenvalue weighted by Gasteiger charge is 2.34. The molecule has 3 N–H and O–H groups in total. The number of hydrogen-bond acceptors (Lipinski definition) is 3. The van der Waals surface area contributed by atoms with E-state index in [9.17, 15) is 8.42 Å². The highest BCUT2D eigenvalue weighted by Crippen LogP contribution is 2.21. The lowest BCUT2D eigenvalue weighted by atomic mass is 9.94. The third-order valence-corrected chi connectivity index (χ3v) is 5.33. The fourth-order valence-corrected chi connectivity index (χ4v) is 3.78. The zero-order valence-corrected chi connectivity index (χ0v) is 13.2. The van der Waals surface area contributed by atoms with Crippen LogP contribution in [0.1, 0.15) is 26.7 Å². The molecule has 1 aromatic carbocycles. The molecule has 1 aromatic rings. The lowest BCUT2D eigenvalue weighted by Gasteiger charge is -2.31. The van der Waals surface area contributed by atoms with E-state index >= 15 is 0 Å². The molecule has 0 saturated heterocycles. The van der Waals surface area contributed by atoms with Crippen LogP contribution in [0.25, 0.3) is 0 Å². The van der Waals surface area contributed by atoms with E-state index in [0.29, 0.717) is 17.9 Å². The first kappa shape index (κ1) is 16.4. The minimum absolute atomic E-state index is 0.138. The van der Waals surface area contributed by atoms with Crippen LogP contribution in [0.15, 0.2) is 29.2 Å². The van der Waals surface area contributed by atoms with Crippen LogP contribution >= 0.6 is 23.8 Å². The standard InChI is InChI=1S/C12H17ClN2O2S2/c1-3-12(4-2,11(14)18)15-19(16,17)10-7-5-9(13)6-8-10/h5-8,15H,3-4H2,1-2H3,(H2,14,18). The van der Waals surface area contributed by atoms with Gasteiger partial charge in [0, 0.05) is 5.02 Å². The first-order valence-corrected chi connectivity index (χ1v) is 8.14. The second-order valence-corrected chi connectivity index (χ2v) is 6.77. The molecule has 106 valence electrons. The molecule has 0 aromatic heterocycles. The Kier molecular flexibility index (Phi) is 5.32. The molecule has 0 fully saturated rings. The number of hydrogen-bond donors (Lipinski definition) is 2. The summed E-state index contributed by atoms with van der Waals surface area (Å²) in [6, 6.07) is 5.94. The van der Waals surface area contributed by atoms with E-state index in [1.807, 2.05) is 13.8 Å². The van der Waals surface area contributed by atoms with Crippen LogP contribution in [-0.2, 0) is 10.0 Å². The van der Waals surface area contributed by atoms with Crippen molar-refractivity contribution in [3.63, 3.8) is 0 Å². The zero-order chi connectivity index (χ0) is 14.7. The van der Waals surface area contributed by atoms with Crippen molar-refractivity contribution in [2.45, 2.75) is 37.1 Å². The topological polar surface area (TPSA) is 72.2 Å². The molecule has 0 unspecified atom stereocenters. The molecule has 0 bridgehead atoms. The number of nitrogens with two attached hydrogens (primary N) is 1. The summed E-state index contributed by atoms with van der Waals surface area (Å²) in [7, 11) is -3.68. The second kappa shape index (κ2) is 6.17. The van der Waals surface area contributed by atoms with E-state index in [0.717, 1.165) is 0 Å². The van der Waals surface area contributed by atoms with Gasteiger partial charge in [-0.25, -0.2) is 8.42 Å². The first-order chi connectivity index (χ1) is 8.77. The van der Waals surface area contributed by atoms with Gasteiger partial charge in [-0.15, -0.1) is 0 Å². The molecule has 0 aliphatic rings. The van der Waals surface area contributed by atoms with Gasteiger partial charge in [0.15, 0.2) is 0 Å². The smallest absolute Gasteiger partial charge is 0.241 e. The maximum atomic E-state index is 12.3. The molecule has 0 spiro atoms. The molecule has 0 amide bonds. The zero-order valence-electron chi connectivity index (χ0n) is 10.8. The molecule has 7 heteroatoms. The summed E-state index contributed by atoms with van der Waals surface area (Å²) in [5.41, 5.74) is 4.79. The van der Waals surface area contributed by atoms with Gasteiger partial charge in [0.2, 0.25) is 10.0 Å². The number of nitrogens with one attached hydrogen (secondary N) is 1. The summed E-state index contributed by atoms with van der Waals surface area (Å²) in [5.74, 6) is 0. The fraction of sp³-hybridized carbons (Fsp3) is 0.417. The average molecular weight is 321 g/mol. The number of rotatable bonds is 6. The van der Waals surface area contributed by atoms with Gasteiger partial charge in [-0.1, -0.05) is 37.7 Å². The van der Waals surface area contributed by atoms with Crippen molar-refractivity contribution in [3.05, 3.63) is 29.3 Å². The Hall–Kier alpha value is -0.690. The Morgan fingerprint density at radius 3 is 2.16 bits per heavy atom. The van der Waals surface area contributed by atoms with Gasteiger partial charge in [0.25, 0.3) is 0 Å². The van der Waals surface area contributed by atoms with Crippen LogP contribution in [0.5, 0.6) is 0 Å². The van der Waals surface area contributed by atoms with Crippen molar-refractivity contribution in [2.24, 2.45) is 5.73 Å². The van der Waals surface area contributed by atoms with E-state index in [4.69, 9.17) is 29.6 Å². The van der Waals surface area contributed by atoms with Gasteiger partial charge in [-0.2, -0.15) is 4.72 Å². The lowest BCUT2D eigenvalue weighted by molar-refractivity contribution is 0.466. The van der Waals surface area contributed by atoms with E-state index in [1.54, 1.807) is 0 Å². The third-order valence-electron chi connectivity index (χ3n) is 3.13. The maximum Gasteiger partial charge on any atom is 0.241 e. The molecule has 0 radical (unpaired) electrons. The van der Waals surface area contributed by atoms with Crippen molar-refractivity contribution in [1.82, 2.24) is 4.72 Å². The highest BCUT2D eigenvalue weighted by molar-refractivity contribution is 7.89. The Morgan fingerprint density at radius 1 is 1.32 bits per heavy atom. The normalized spacial score (nSPS) is 12.4.